The second kappa shape index (κ2) is 8.66. The number of aryl methyl sites for hydroxylation is 2. The van der Waals surface area contributed by atoms with Crippen LogP contribution in [0.2, 0.25) is 0 Å². The zero-order valence-electron chi connectivity index (χ0n) is 15.2. The number of thiophene rings is 1. The SMILES string of the molecule is CCOC(CSc1nc2sc3c(c2c(=O)n1CC)CCCC3)OCC. The number of rotatable bonds is 8. The lowest BCUT2D eigenvalue weighted by Crippen LogP contribution is -2.25. The Morgan fingerprint density at radius 3 is 2.60 bits per heavy atom. The Morgan fingerprint density at radius 2 is 1.92 bits per heavy atom. The van der Waals surface area contributed by atoms with E-state index in [1.54, 1.807) is 27.7 Å². The highest BCUT2D eigenvalue weighted by atomic mass is 32.2. The first-order chi connectivity index (χ1) is 12.2. The van der Waals surface area contributed by atoms with Gasteiger partial charge in [-0.3, -0.25) is 9.36 Å². The van der Waals surface area contributed by atoms with Crippen molar-refractivity contribution in [3.63, 3.8) is 0 Å². The molecule has 25 heavy (non-hydrogen) atoms. The first-order valence-electron chi connectivity index (χ1n) is 9.10. The molecule has 0 aliphatic heterocycles. The summed E-state index contributed by atoms with van der Waals surface area (Å²) in [5.74, 6) is 0.630. The number of thioether (sulfide) groups is 1. The van der Waals surface area contributed by atoms with Crippen LogP contribution in [0.15, 0.2) is 9.95 Å². The summed E-state index contributed by atoms with van der Waals surface area (Å²) < 4.78 is 13.0. The largest absolute Gasteiger partial charge is 0.352 e. The Labute approximate surface area is 156 Å². The molecule has 1 aliphatic rings. The van der Waals surface area contributed by atoms with Crippen molar-refractivity contribution in [2.24, 2.45) is 0 Å². The Kier molecular flexibility index (Phi) is 6.55. The molecule has 2 aromatic rings. The van der Waals surface area contributed by atoms with E-state index in [1.165, 1.54) is 23.3 Å². The molecule has 0 bridgehead atoms. The molecule has 0 saturated heterocycles. The topological polar surface area (TPSA) is 53.3 Å². The van der Waals surface area contributed by atoms with Crippen LogP contribution >= 0.6 is 23.1 Å². The summed E-state index contributed by atoms with van der Waals surface area (Å²) in [5, 5.41) is 1.63. The van der Waals surface area contributed by atoms with Crippen molar-refractivity contribution in [2.75, 3.05) is 19.0 Å². The van der Waals surface area contributed by atoms with Crippen molar-refractivity contribution in [2.45, 2.75) is 64.4 Å². The van der Waals surface area contributed by atoms with Gasteiger partial charge in [-0.05, 0) is 52.0 Å². The lowest BCUT2D eigenvalue weighted by molar-refractivity contribution is -0.120. The van der Waals surface area contributed by atoms with Crippen LogP contribution < -0.4 is 5.56 Å². The smallest absolute Gasteiger partial charge is 0.263 e. The molecule has 0 unspecified atom stereocenters. The van der Waals surface area contributed by atoms with Gasteiger partial charge in [0.25, 0.3) is 5.56 Å². The third kappa shape index (κ3) is 3.94. The van der Waals surface area contributed by atoms with Gasteiger partial charge in [0.15, 0.2) is 11.4 Å². The number of aromatic nitrogens is 2. The van der Waals surface area contributed by atoms with Crippen LogP contribution in [0, 0.1) is 0 Å². The summed E-state index contributed by atoms with van der Waals surface area (Å²) in [4.78, 5) is 20.2. The second-order valence-corrected chi connectivity index (χ2v) is 8.06. The van der Waals surface area contributed by atoms with Crippen molar-refractivity contribution >= 4 is 33.3 Å². The first kappa shape index (κ1) is 18.9. The zero-order valence-corrected chi connectivity index (χ0v) is 16.8. The fourth-order valence-electron chi connectivity index (χ4n) is 3.27. The number of hydrogen-bond acceptors (Lipinski definition) is 6. The molecule has 0 saturated carbocycles. The van der Waals surface area contributed by atoms with E-state index < -0.39 is 0 Å². The fourth-order valence-corrected chi connectivity index (χ4v) is 5.58. The quantitative estimate of drug-likeness (QED) is 0.394. The van der Waals surface area contributed by atoms with Gasteiger partial charge in [0.05, 0.1) is 11.1 Å². The third-order valence-electron chi connectivity index (χ3n) is 4.41. The van der Waals surface area contributed by atoms with E-state index in [1.807, 2.05) is 20.8 Å². The van der Waals surface area contributed by atoms with E-state index in [9.17, 15) is 4.79 Å². The van der Waals surface area contributed by atoms with Crippen molar-refractivity contribution in [1.82, 2.24) is 9.55 Å². The lowest BCUT2D eigenvalue weighted by atomic mass is 9.97. The molecule has 138 valence electrons. The predicted octanol–water partition coefficient (Wildman–Crippen LogP) is 3.85. The molecule has 0 fully saturated rings. The summed E-state index contributed by atoms with van der Waals surface area (Å²) in [6.45, 7) is 7.76. The minimum atomic E-state index is -0.269. The van der Waals surface area contributed by atoms with E-state index in [2.05, 4.69) is 0 Å². The molecule has 0 amide bonds. The second-order valence-electron chi connectivity index (χ2n) is 5.99. The maximum atomic E-state index is 13.1. The maximum absolute atomic E-state index is 13.1. The highest BCUT2D eigenvalue weighted by molar-refractivity contribution is 7.99. The minimum Gasteiger partial charge on any atom is -0.352 e. The van der Waals surface area contributed by atoms with Crippen LogP contribution in [0.4, 0.5) is 0 Å². The molecule has 0 N–H and O–H groups in total. The van der Waals surface area contributed by atoms with E-state index in [4.69, 9.17) is 14.5 Å². The van der Waals surface area contributed by atoms with Gasteiger partial charge in [-0.25, -0.2) is 4.98 Å². The van der Waals surface area contributed by atoms with Crippen molar-refractivity contribution in [3.05, 3.63) is 20.8 Å². The van der Waals surface area contributed by atoms with Gasteiger partial charge in [-0.15, -0.1) is 11.3 Å². The van der Waals surface area contributed by atoms with Crippen molar-refractivity contribution in [1.29, 1.82) is 0 Å². The molecule has 5 nitrogen and oxygen atoms in total. The maximum Gasteiger partial charge on any atom is 0.263 e. The van der Waals surface area contributed by atoms with Gasteiger partial charge in [0.1, 0.15) is 4.83 Å². The molecule has 0 radical (unpaired) electrons. The number of ether oxygens (including phenoxy) is 2. The van der Waals surface area contributed by atoms with Crippen molar-refractivity contribution in [3.8, 4) is 0 Å². The van der Waals surface area contributed by atoms with E-state index in [-0.39, 0.29) is 11.8 Å². The number of fused-ring (bicyclic) bond motifs is 3. The third-order valence-corrected chi connectivity index (χ3v) is 6.60. The Bertz CT molecular complexity index is 779. The molecule has 0 atom stereocenters. The van der Waals surface area contributed by atoms with Crippen LogP contribution in [-0.4, -0.2) is 34.8 Å². The van der Waals surface area contributed by atoms with E-state index in [0.29, 0.717) is 25.5 Å². The highest BCUT2D eigenvalue weighted by Crippen LogP contribution is 2.34. The van der Waals surface area contributed by atoms with Crippen LogP contribution in [0.25, 0.3) is 10.2 Å². The minimum absolute atomic E-state index is 0.110. The normalized spacial score (nSPS) is 14.4. The molecule has 0 aromatic carbocycles. The highest BCUT2D eigenvalue weighted by Gasteiger charge is 2.22. The standard InChI is InChI=1S/C18H26N2O3S2/c1-4-20-17(21)15-12-9-7-8-10-13(12)25-16(15)19-18(20)24-11-14(22-5-2)23-6-3/h14H,4-11H2,1-3H3. The summed E-state index contributed by atoms with van der Waals surface area (Å²) in [5.41, 5.74) is 1.36. The zero-order chi connectivity index (χ0) is 17.8. The lowest BCUT2D eigenvalue weighted by Gasteiger charge is -2.17. The summed E-state index contributed by atoms with van der Waals surface area (Å²) >= 11 is 3.24. The Hall–Kier alpha value is -0.890. The average Bonchev–Trinajstić information content (AvgIpc) is 2.98. The molecular formula is C18H26N2O3S2. The molecule has 0 spiro atoms. The summed E-state index contributed by atoms with van der Waals surface area (Å²) in [6, 6.07) is 0. The molecular weight excluding hydrogens is 356 g/mol. The van der Waals surface area contributed by atoms with Gasteiger partial charge < -0.3 is 9.47 Å². The Balaban J connectivity index is 1.94. The van der Waals surface area contributed by atoms with Crippen LogP contribution in [0.3, 0.4) is 0 Å². The van der Waals surface area contributed by atoms with Crippen LogP contribution in [0.1, 0.15) is 44.1 Å². The van der Waals surface area contributed by atoms with Crippen molar-refractivity contribution < 1.29 is 9.47 Å². The van der Waals surface area contributed by atoms with E-state index >= 15 is 0 Å². The molecule has 7 heteroatoms. The molecule has 2 aromatic heterocycles. The number of nitrogens with zero attached hydrogens (tertiary/aromatic N) is 2. The van der Waals surface area contributed by atoms with Gasteiger partial charge in [-0.1, -0.05) is 11.8 Å². The predicted molar refractivity (Wildman–Crippen MR) is 104 cm³/mol. The molecule has 1 aliphatic carbocycles. The monoisotopic (exact) mass is 382 g/mol. The first-order valence-corrected chi connectivity index (χ1v) is 10.9. The van der Waals surface area contributed by atoms with Gasteiger partial charge >= 0.3 is 0 Å². The average molecular weight is 383 g/mol. The summed E-state index contributed by atoms with van der Waals surface area (Å²) in [7, 11) is 0. The van der Waals surface area contributed by atoms with E-state index in [0.717, 1.165) is 28.2 Å². The summed E-state index contributed by atoms with van der Waals surface area (Å²) in [6.07, 6.45) is 4.22. The van der Waals surface area contributed by atoms with Crippen LogP contribution in [-0.2, 0) is 28.9 Å². The molecule has 3 rings (SSSR count). The number of hydrogen-bond donors (Lipinski definition) is 0. The Morgan fingerprint density at radius 1 is 1.20 bits per heavy atom. The van der Waals surface area contributed by atoms with Gasteiger partial charge in [-0.2, -0.15) is 0 Å². The van der Waals surface area contributed by atoms with Gasteiger partial charge in [0.2, 0.25) is 0 Å². The fraction of sp³-hybridized carbons (Fsp3) is 0.667. The van der Waals surface area contributed by atoms with Crippen LogP contribution in [0.5, 0.6) is 0 Å². The molecule has 2 heterocycles. The van der Waals surface area contributed by atoms with Gasteiger partial charge in [0, 0.05) is 24.6 Å².